The fraction of sp³-hybridized carbons (Fsp3) is 0.722. The first-order valence-corrected chi connectivity index (χ1v) is 9.22. The van der Waals surface area contributed by atoms with E-state index in [1.807, 2.05) is 15.6 Å². The number of aromatic nitrogens is 2. The summed E-state index contributed by atoms with van der Waals surface area (Å²) in [6, 6.07) is 1.81. The van der Waals surface area contributed by atoms with E-state index in [1.54, 1.807) is 0 Å². The van der Waals surface area contributed by atoms with Crippen molar-refractivity contribution in [3.63, 3.8) is 0 Å². The van der Waals surface area contributed by atoms with Crippen LogP contribution in [0.5, 0.6) is 0 Å². The second kappa shape index (κ2) is 6.67. The van der Waals surface area contributed by atoms with Gasteiger partial charge < -0.3 is 9.64 Å². The Morgan fingerprint density at radius 3 is 2.88 bits per heavy atom. The van der Waals surface area contributed by atoms with E-state index in [4.69, 9.17) is 4.74 Å². The first-order valence-electron chi connectivity index (χ1n) is 9.22. The van der Waals surface area contributed by atoms with E-state index in [0.717, 1.165) is 50.8 Å². The molecular weight excluding hydrogens is 306 g/mol. The number of carbonyl (C=O) groups excluding carboxylic acids is 2. The molecule has 3 aliphatic rings. The zero-order chi connectivity index (χ0) is 16.5. The lowest BCUT2D eigenvalue weighted by molar-refractivity contribution is -0.129. The van der Waals surface area contributed by atoms with Crippen molar-refractivity contribution < 1.29 is 14.3 Å². The van der Waals surface area contributed by atoms with Crippen molar-refractivity contribution in [3.8, 4) is 0 Å². The van der Waals surface area contributed by atoms with Gasteiger partial charge in [0.05, 0.1) is 19.3 Å². The molecule has 2 fully saturated rings. The number of ether oxygens (including phenoxy) is 1. The average Bonchev–Trinajstić information content (AvgIpc) is 3.06. The number of ketones is 1. The molecular formula is C18H25N3O3. The Labute approximate surface area is 142 Å². The molecule has 0 spiro atoms. The molecule has 0 bridgehead atoms. The Balaban J connectivity index is 1.56. The Morgan fingerprint density at radius 1 is 1.17 bits per heavy atom. The van der Waals surface area contributed by atoms with Crippen LogP contribution in [0, 0.1) is 5.92 Å². The summed E-state index contributed by atoms with van der Waals surface area (Å²) in [5.41, 5.74) is 1.69. The second-order valence-electron chi connectivity index (χ2n) is 7.16. The SMILES string of the molecule is O=C1CCCC[C@@H]1[C@@H]1COCCN1C(=O)c1cc2n(n1)CCCC2. The van der Waals surface area contributed by atoms with Crippen molar-refractivity contribution in [2.24, 2.45) is 5.92 Å². The maximum atomic E-state index is 13.1. The third kappa shape index (κ3) is 2.88. The lowest BCUT2D eigenvalue weighted by Crippen LogP contribution is -2.54. The van der Waals surface area contributed by atoms with Crippen LogP contribution in [0.15, 0.2) is 6.07 Å². The fourth-order valence-electron chi connectivity index (χ4n) is 4.29. The van der Waals surface area contributed by atoms with Crippen LogP contribution in [0.25, 0.3) is 0 Å². The van der Waals surface area contributed by atoms with Gasteiger partial charge in [-0.2, -0.15) is 5.10 Å². The highest BCUT2D eigenvalue weighted by Gasteiger charge is 2.39. The quantitative estimate of drug-likeness (QED) is 0.829. The Hall–Kier alpha value is -1.69. The summed E-state index contributed by atoms with van der Waals surface area (Å²) in [5.74, 6) is 0.183. The van der Waals surface area contributed by atoms with Gasteiger partial charge in [0.15, 0.2) is 5.69 Å². The Kier molecular flexibility index (Phi) is 4.39. The molecule has 4 rings (SSSR count). The molecule has 1 aliphatic carbocycles. The minimum Gasteiger partial charge on any atom is -0.377 e. The highest BCUT2D eigenvalue weighted by Crippen LogP contribution is 2.29. The van der Waals surface area contributed by atoms with Crippen molar-refractivity contribution in [2.75, 3.05) is 19.8 Å². The molecule has 0 radical (unpaired) electrons. The Bertz CT molecular complexity index is 616. The van der Waals surface area contributed by atoms with Crippen LogP contribution in [0.2, 0.25) is 0 Å². The van der Waals surface area contributed by atoms with Crippen LogP contribution in [0.1, 0.15) is 54.7 Å². The number of amides is 1. The van der Waals surface area contributed by atoms with Crippen LogP contribution in [0.3, 0.4) is 0 Å². The topological polar surface area (TPSA) is 64.4 Å². The van der Waals surface area contributed by atoms with E-state index in [2.05, 4.69) is 5.10 Å². The van der Waals surface area contributed by atoms with Gasteiger partial charge in [0.25, 0.3) is 5.91 Å². The number of fused-ring (bicyclic) bond motifs is 1. The van der Waals surface area contributed by atoms with Crippen molar-refractivity contribution in [3.05, 3.63) is 17.5 Å². The average molecular weight is 331 g/mol. The number of nitrogens with zero attached hydrogens (tertiary/aromatic N) is 3. The van der Waals surface area contributed by atoms with E-state index >= 15 is 0 Å². The van der Waals surface area contributed by atoms with E-state index < -0.39 is 0 Å². The van der Waals surface area contributed by atoms with Crippen LogP contribution < -0.4 is 0 Å². The maximum Gasteiger partial charge on any atom is 0.274 e. The van der Waals surface area contributed by atoms with Gasteiger partial charge in [0.1, 0.15) is 5.78 Å². The molecule has 6 heteroatoms. The highest BCUT2D eigenvalue weighted by atomic mass is 16.5. The Morgan fingerprint density at radius 2 is 2.04 bits per heavy atom. The molecule has 2 atom stereocenters. The normalized spacial score (nSPS) is 27.8. The third-order valence-electron chi connectivity index (χ3n) is 5.63. The number of aryl methyl sites for hydroxylation is 2. The van der Waals surface area contributed by atoms with E-state index in [0.29, 0.717) is 37.7 Å². The fourth-order valence-corrected chi connectivity index (χ4v) is 4.29. The number of rotatable bonds is 2. The number of hydrogen-bond acceptors (Lipinski definition) is 4. The third-order valence-corrected chi connectivity index (χ3v) is 5.63. The van der Waals surface area contributed by atoms with E-state index in [1.165, 1.54) is 0 Å². The van der Waals surface area contributed by atoms with Crippen molar-refractivity contribution >= 4 is 11.7 Å². The summed E-state index contributed by atoms with van der Waals surface area (Å²) in [7, 11) is 0. The molecule has 1 aromatic rings. The van der Waals surface area contributed by atoms with Crippen molar-refractivity contribution in [1.82, 2.24) is 14.7 Å². The second-order valence-corrected chi connectivity index (χ2v) is 7.16. The van der Waals surface area contributed by atoms with Crippen molar-refractivity contribution in [1.29, 1.82) is 0 Å². The number of morpholine rings is 1. The van der Waals surface area contributed by atoms with Gasteiger partial charge in [0, 0.05) is 31.1 Å². The molecule has 24 heavy (non-hydrogen) atoms. The smallest absolute Gasteiger partial charge is 0.274 e. The van der Waals surface area contributed by atoms with Crippen molar-refractivity contribution in [2.45, 2.75) is 57.5 Å². The van der Waals surface area contributed by atoms with Gasteiger partial charge in [-0.05, 0) is 38.2 Å². The summed E-state index contributed by atoms with van der Waals surface area (Å²) < 4.78 is 7.58. The standard InChI is InChI=1S/C18H25N3O3/c22-17-7-2-1-6-14(17)16-12-24-10-9-20(16)18(23)15-11-13-5-3-4-8-21(13)19-15/h11,14,16H,1-10,12H2/t14-,16+/m1/s1. The molecule has 0 unspecified atom stereocenters. The minimum atomic E-state index is -0.127. The van der Waals surface area contributed by atoms with Gasteiger partial charge in [-0.15, -0.1) is 0 Å². The van der Waals surface area contributed by atoms with Crippen LogP contribution in [0.4, 0.5) is 0 Å². The maximum absolute atomic E-state index is 13.1. The molecule has 130 valence electrons. The monoisotopic (exact) mass is 331 g/mol. The van der Waals surface area contributed by atoms with E-state index in [9.17, 15) is 9.59 Å². The van der Waals surface area contributed by atoms with Crippen LogP contribution in [-0.4, -0.2) is 52.2 Å². The minimum absolute atomic E-state index is 0.0384. The molecule has 1 saturated heterocycles. The van der Waals surface area contributed by atoms with Gasteiger partial charge in [0.2, 0.25) is 0 Å². The first-order chi connectivity index (χ1) is 11.7. The lowest BCUT2D eigenvalue weighted by atomic mass is 9.82. The van der Waals surface area contributed by atoms with Crippen LogP contribution in [-0.2, 0) is 22.5 Å². The molecule has 3 heterocycles. The van der Waals surface area contributed by atoms with Crippen LogP contribution >= 0.6 is 0 Å². The number of carbonyl (C=O) groups is 2. The number of Topliss-reactive ketones (excluding diaryl/α,β-unsaturated/α-hetero) is 1. The molecule has 1 saturated carbocycles. The van der Waals surface area contributed by atoms with Gasteiger partial charge >= 0.3 is 0 Å². The molecule has 0 N–H and O–H groups in total. The molecule has 2 aliphatic heterocycles. The summed E-state index contributed by atoms with van der Waals surface area (Å²) in [5, 5.41) is 4.52. The lowest BCUT2D eigenvalue weighted by Gasteiger charge is -2.40. The number of hydrogen-bond donors (Lipinski definition) is 0. The van der Waals surface area contributed by atoms with E-state index in [-0.39, 0.29) is 17.9 Å². The molecule has 1 aromatic heterocycles. The first kappa shape index (κ1) is 15.8. The van der Waals surface area contributed by atoms with Gasteiger partial charge in [-0.1, -0.05) is 6.42 Å². The summed E-state index contributed by atoms with van der Waals surface area (Å²) in [6.07, 6.45) is 6.83. The van der Waals surface area contributed by atoms with Gasteiger partial charge in [-0.3, -0.25) is 14.3 Å². The predicted molar refractivity (Wildman–Crippen MR) is 87.8 cm³/mol. The van der Waals surface area contributed by atoms with Gasteiger partial charge in [-0.25, -0.2) is 0 Å². The largest absolute Gasteiger partial charge is 0.377 e. The summed E-state index contributed by atoms with van der Waals surface area (Å²) >= 11 is 0. The highest BCUT2D eigenvalue weighted by molar-refractivity contribution is 5.93. The molecule has 0 aromatic carbocycles. The zero-order valence-corrected chi connectivity index (χ0v) is 14.1. The summed E-state index contributed by atoms with van der Waals surface area (Å²) in [4.78, 5) is 27.3. The summed E-state index contributed by atoms with van der Waals surface area (Å²) in [6.45, 7) is 2.46. The zero-order valence-electron chi connectivity index (χ0n) is 14.1. The predicted octanol–water partition coefficient (Wildman–Crippen LogP) is 1.82. The molecule has 1 amide bonds. The molecule has 6 nitrogen and oxygen atoms in total.